The molecule has 0 amide bonds. The first-order valence-electron chi connectivity index (χ1n) is 10.4. The Kier molecular flexibility index (Phi) is 5.34. The lowest BCUT2D eigenvalue weighted by molar-refractivity contribution is -0.124. The third-order valence-electron chi connectivity index (χ3n) is 5.89. The van der Waals surface area contributed by atoms with E-state index in [4.69, 9.17) is 15.7 Å². The predicted molar refractivity (Wildman–Crippen MR) is 124 cm³/mol. The molecule has 6 nitrogen and oxygen atoms in total. The molecule has 0 spiro atoms. The molecule has 0 bridgehead atoms. The van der Waals surface area contributed by atoms with Gasteiger partial charge in [0.15, 0.2) is 11.0 Å². The smallest absolute Gasteiger partial charge is 0.191 e. The van der Waals surface area contributed by atoms with Gasteiger partial charge in [0, 0.05) is 43.4 Å². The number of thioether (sulfide) groups is 1. The number of hydrogen-bond acceptors (Lipinski definition) is 7. The van der Waals surface area contributed by atoms with Gasteiger partial charge in [0.1, 0.15) is 11.6 Å². The van der Waals surface area contributed by atoms with Gasteiger partial charge in [-0.2, -0.15) is 0 Å². The van der Waals surface area contributed by atoms with Crippen LogP contribution < -0.4 is 10.6 Å². The van der Waals surface area contributed by atoms with Gasteiger partial charge in [0.25, 0.3) is 0 Å². The van der Waals surface area contributed by atoms with Crippen LogP contribution in [0.5, 0.6) is 0 Å². The molecule has 7 heteroatoms. The first kappa shape index (κ1) is 20.8. The molecule has 1 unspecified atom stereocenters. The molecular weight excluding hydrogens is 394 g/mol. The molecule has 4 rings (SSSR count). The molecule has 1 aliphatic heterocycles. The highest BCUT2D eigenvalue weighted by Crippen LogP contribution is 2.50. The van der Waals surface area contributed by atoms with Gasteiger partial charge in [0.2, 0.25) is 0 Å². The van der Waals surface area contributed by atoms with Crippen LogP contribution in [0.2, 0.25) is 0 Å². The predicted octanol–water partition coefficient (Wildman–Crippen LogP) is 4.46. The van der Waals surface area contributed by atoms with E-state index < -0.39 is 0 Å². The van der Waals surface area contributed by atoms with E-state index in [-0.39, 0.29) is 23.0 Å². The van der Waals surface area contributed by atoms with E-state index in [2.05, 4.69) is 54.9 Å². The Labute approximate surface area is 182 Å². The fourth-order valence-corrected chi connectivity index (χ4v) is 5.16. The molecule has 1 aromatic heterocycles. The molecule has 2 N–H and O–H groups in total. The maximum atomic E-state index is 13.3. The minimum absolute atomic E-state index is 0.0944. The highest BCUT2D eigenvalue weighted by atomic mass is 32.2. The van der Waals surface area contributed by atoms with Crippen molar-refractivity contribution in [3.05, 3.63) is 35.4 Å². The van der Waals surface area contributed by atoms with Crippen LogP contribution in [0.4, 0.5) is 17.3 Å². The first-order valence-corrected chi connectivity index (χ1v) is 11.4. The highest BCUT2D eigenvalue weighted by molar-refractivity contribution is 7.99. The lowest BCUT2D eigenvalue weighted by Gasteiger charge is -2.40. The Morgan fingerprint density at radius 3 is 2.47 bits per heavy atom. The molecule has 1 aliphatic carbocycles. The number of Topliss-reactive ketones (excluding diaryl/α,β-unsaturated/α-hetero) is 1. The van der Waals surface area contributed by atoms with Crippen LogP contribution >= 0.6 is 11.8 Å². The fraction of sp³-hybridized carbons (Fsp3) is 0.478. The SMILES string of the molecule is CCSc1nc(N)c2c(n1)N=C1CC(C)(C)CC(=O)C1[C@H]2c1ccc(N(C)C)cc1. The van der Waals surface area contributed by atoms with Crippen LogP contribution in [0.15, 0.2) is 34.4 Å². The molecule has 1 aromatic carbocycles. The van der Waals surface area contributed by atoms with Crippen LogP contribution in [-0.4, -0.2) is 41.3 Å². The lowest BCUT2D eigenvalue weighted by Crippen LogP contribution is -2.42. The van der Waals surface area contributed by atoms with E-state index in [0.29, 0.717) is 23.2 Å². The van der Waals surface area contributed by atoms with Gasteiger partial charge in [-0.25, -0.2) is 15.0 Å². The van der Waals surface area contributed by atoms with E-state index in [1.807, 2.05) is 14.1 Å². The number of carbonyl (C=O) groups excluding carboxylic acids is 1. The third-order valence-corrected chi connectivity index (χ3v) is 6.62. The summed E-state index contributed by atoms with van der Waals surface area (Å²) in [5.74, 6) is 1.64. The largest absolute Gasteiger partial charge is 0.383 e. The van der Waals surface area contributed by atoms with E-state index in [9.17, 15) is 4.79 Å². The quantitative estimate of drug-likeness (QED) is 0.577. The number of fused-ring (bicyclic) bond motifs is 2. The Bertz CT molecular complexity index is 1010. The Hall–Kier alpha value is -2.41. The number of aliphatic imine (C=N–C) groups is 1. The molecule has 1 saturated carbocycles. The molecule has 2 aliphatic rings. The average molecular weight is 424 g/mol. The number of hydrogen-bond donors (Lipinski definition) is 1. The molecule has 30 heavy (non-hydrogen) atoms. The summed E-state index contributed by atoms with van der Waals surface area (Å²) in [6.07, 6.45) is 1.33. The summed E-state index contributed by atoms with van der Waals surface area (Å²) in [6, 6.07) is 8.34. The summed E-state index contributed by atoms with van der Waals surface area (Å²) in [4.78, 5) is 29.5. The number of nitrogens with zero attached hydrogens (tertiary/aromatic N) is 4. The van der Waals surface area contributed by atoms with Gasteiger partial charge in [-0.1, -0.05) is 44.7 Å². The van der Waals surface area contributed by atoms with Gasteiger partial charge < -0.3 is 10.6 Å². The Morgan fingerprint density at radius 1 is 1.13 bits per heavy atom. The van der Waals surface area contributed by atoms with Crippen LogP contribution in [0.1, 0.15) is 50.7 Å². The summed E-state index contributed by atoms with van der Waals surface area (Å²) in [5, 5.41) is 0.639. The maximum Gasteiger partial charge on any atom is 0.191 e. The number of nitrogen functional groups attached to an aromatic ring is 1. The van der Waals surface area contributed by atoms with Crippen LogP contribution in [0.3, 0.4) is 0 Å². The minimum Gasteiger partial charge on any atom is -0.383 e. The topological polar surface area (TPSA) is 84.5 Å². The molecule has 2 aromatic rings. The van der Waals surface area contributed by atoms with Gasteiger partial charge in [-0.05, 0) is 35.3 Å². The second kappa shape index (κ2) is 7.69. The zero-order valence-corrected chi connectivity index (χ0v) is 19.1. The van der Waals surface area contributed by atoms with Gasteiger partial charge in [-0.15, -0.1) is 0 Å². The van der Waals surface area contributed by atoms with Crippen molar-refractivity contribution in [2.45, 2.75) is 44.7 Å². The molecule has 0 saturated heterocycles. The van der Waals surface area contributed by atoms with Crippen molar-refractivity contribution < 1.29 is 4.79 Å². The molecule has 2 atom stereocenters. The normalized spacial score (nSPS) is 22.2. The van der Waals surface area contributed by atoms with Crippen molar-refractivity contribution in [3.8, 4) is 0 Å². The summed E-state index contributed by atoms with van der Waals surface area (Å²) >= 11 is 1.55. The van der Waals surface area contributed by atoms with Crippen LogP contribution in [0, 0.1) is 11.3 Å². The van der Waals surface area contributed by atoms with Crippen LogP contribution in [-0.2, 0) is 4.79 Å². The second-order valence-corrected chi connectivity index (χ2v) is 10.3. The van der Waals surface area contributed by atoms with E-state index in [0.717, 1.165) is 34.7 Å². The zero-order valence-electron chi connectivity index (χ0n) is 18.3. The summed E-state index contributed by atoms with van der Waals surface area (Å²) < 4.78 is 0. The van der Waals surface area contributed by atoms with E-state index in [1.165, 1.54) is 0 Å². The monoisotopic (exact) mass is 423 g/mol. The number of ketones is 1. The number of benzene rings is 1. The zero-order chi connectivity index (χ0) is 21.6. The van der Waals surface area contributed by atoms with Crippen molar-refractivity contribution in [2.75, 3.05) is 30.5 Å². The molecule has 2 heterocycles. The van der Waals surface area contributed by atoms with Crippen molar-refractivity contribution in [2.24, 2.45) is 16.3 Å². The highest BCUT2D eigenvalue weighted by Gasteiger charge is 2.47. The number of anilines is 2. The minimum atomic E-state index is -0.300. The van der Waals surface area contributed by atoms with Crippen molar-refractivity contribution >= 4 is 40.6 Å². The average Bonchev–Trinajstić information content (AvgIpc) is 2.65. The fourth-order valence-electron chi connectivity index (χ4n) is 4.59. The van der Waals surface area contributed by atoms with Gasteiger partial charge in [-0.3, -0.25) is 4.79 Å². The maximum absolute atomic E-state index is 13.3. The number of rotatable bonds is 4. The van der Waals surface area contributed by atoms with Crippen molar-refractivity contribution in [1.82, 2.24) is 9.97 Å². The number of nitrogens with two attached hydrogens (primary N) is 1. The second-order valence-electron chi connectivity index (χ2n) is 9.09. The number of carbonyl (C=O) groups is 1. The van der Waals surface area contributed by atoms with Crippen molar-refractivity contribution in [1.29, 1.82) is 0 Å². The lowest BCUT2D eigenvalue weighted by atomic mass is 9.64. The summed E-state index contributed by atoms with van der Waals surface area (Å²) in [5.41, 5.74) is 10.2. The first-order chi connectivity index (χ1) is 14.2. The van der Waals surface area contributed by atoms with E-state index >= 15 is 0 Å². The van der Waals surface area contributed by atoms with Crippen LogP contribution in [0.25, 0.3) is 0 Å². The third kappa shape index (κ3) is 3.71. The Morgan fingerprint density at radius 2 is 1.83 bits per heavy atom. The van der Waals surface area contributed by atoms with Gasteiger partial charge >= 0.3 is 0 Å². The summed E-state index contributed by atoms with van der Waals surface area (Å²) in [6.45, 7) is 6.32. The summed E-state index contributed by atoms with van der Waals surface area (Å²) in [7, 11) is 4.03. The van der Waals surface area contributed by atoms with Gasteiger partial charge in [0.05, 0.1) is 5.92 Å². The van der Waals surface area contributed by atoms with E-state index in [1.54, 1.807) is 11.8 Å². The standard InChI is InChI=1S/C23H29N5OS/c1-6-30-22-26-20(24)19-17(13-7-9-14(10-8-13)28(4)5)18-15(25-21(19)27-22)11-23(2,3)12-16(18)29/h7-10,17-18H,6,11-12H2,1-5H3,(H2,24,26,27)/t17-,18?/m1/s1. The molecule has 158 valence electrons. The van der Waals surface area contributed by atoms with Crippen molar-refractivity contribution in [3.63, 3.8) is 0 Å². The molecule has 1 fully saturated rings. The Balaban J connectivity index is 1.90. The molecular formula is C23H29N5OS. The molecule has 0 radical (unpaired) electrons. The number of aromatic nitrogens is 2.